The number of aromatic nitrogens is 2. The van der Waals surface area contributed by atoms with Gasteiger partial charge in [0.15, 0.2) is 0 Å². The summed E-state index contributed by atoms with van der Waals surface area (Å²) in [6, 6.07) is 21.2. The topological polar surface area (TPSA) is 54.9 Å². The molecule has 0 unspecified atom stereocenters. The number of carbonyl (C=O) groups is 1. The minimum Gasteiger partial charge on any atom is -0.290 e. The van der Waals surface area contributed by atoms with E-state index in [0.717, 1.165) is 22.5 Å². The number of carbonyl (C=O) groups excluding carboxylic acids is 1. The third-order valence-electron chi connectivity index (χ3n) is 3.65. The summed E-state index contributed by atoms with van der Waals surface area (Å²) in [5.74, 6) is 0.0810. The van der Waals surface area contributed by atoms with Crippen LogP contribution in [0, 0.1) is 13.8 Å². The lowest BCUT2D eigenvalue weighted by Gasteiger charge is -2.10. The maximum atomic E-state index is 12.9. The molecule has 0 radical (unpaired) electrons. The quantitative estimate of drug-likeness (QED) is 0.574. The van der Waals surface area contributed by atoms with Gasteiger partial charge in [-0.25, -0.2) is 9.97 Å². The molecule has 4 nitrogen and oxygen atoms in total. The maximum absolute atomic E-state index is 12.9. The molecule has 0 atom stereocenters. The molecule has 3 aromatic rings. The van der Waals surface area contributed by atoms with Crippen LogP contribution in [0.1, 0.15) is 22.5 Å². The molecule has 1 aromatic heterocycles. The molecule has 0 aliphatic rings. The van der Waals surface area contributed by atoms with E-state index in [4.69, 9.17) is 0 Å². The van der Waals surface area contributed by atoms with Crippen molar-refractivity contribution in [3.05, 3.63) is 89.2 Å². The van der Waals surface area contributed by atoms with Gasteiger partial charge in [0.1, 0.15) is 0 Å². The van der Waals surface area contributed by atoms with Gasteiger partial charge in [-0.3, -0.25) is 10.1 Å². The predicted octanol–water partition coefficient (Wildman–Crippen LogP) is 4.27. The molecular formula is C21H19N3O. The van der Waals surface area contributed by atoms with E-state index >= 15 is 0 Å². The zero-order chi connectivity index (χ0) is 17.6. The van der Waals surface area contributed by atoms with Gasteiger partial charge in [-0.15, -0.1) is 0 Å². The van der Waals surface area contributed by atoms with Gasteiger partial charge in [0.25, 0.3) is 5.91 Å². The summed E-state index contributed by atoms with van der Waals surface area (Å²) in [7, 11) is 0. The average Bonchev–Trinajstić information content (AvgIpc) is 2.60. The van der Waals surface area contributed by atoms with Gasteiger partial charge in [0.2, 0.25) is 5.95 Å². The van der Waals surface area contributed by atoms with Gasteiger partial charge in [0.05, 0.1) is 0 Å². The van der Waals surface area contributed by atoms with Crippen molar-refractivity contribution < 1.29 is 4.79 Å². The van der Waals surface area contributed by atoms with Crippen molar-refractivity contribution in [2.75, 3.05) is 5.32 Å². The lowest BCUT2D eigenvalue weighted by atomic mass is 10.0. The van der Waals surface area contributed by atoms with E-state index in [9.17, 15) is 4.79 Å². The van der Waals surface area contributed by atoms with Crippen LogP contribution in [0.25, 0.3) is 11.6 Å². The molecular weight excluding hydrogens is 310 g/mol. The van der Waals surface area contributed by atoms with Gasteiger partial charge in [-0.05, 0) is 37.1 Å². The van der Waals surface area contributed by atoms with Crippen LogP contribution in [0.5, 0.6) is 0 Å². The molecule has 0 fully saturated rings. The fraction of sp³-hybridized carbons (Fsp3) is 0.0952. The maximum Gasteiger partial charge on any atom is 0.258 e. The minimum atomic E-state index is -0.236. The molecule has 124 valence electrons. The second kappa shape index (κ2) is 7.53. The van der Waals surface area contributed by atoms with Crippen LogP contribution in [0.3, 0.4) is 0 Å². The van der Waals surface area contributed by atoms with Crippen LogP contribution >= 0.6 is 0 Å². The van der Waals surface area contributed by atoms with Crippen LogP contribution in [0.4, 0.5) is 5.95 Å². The van der Waals surface area contributed by atoms with Gasteiger partial charge >= 0.3 is 0 Å². The summed E-state index contributed by atoms with van der Waals surface area (Å²) < 4.78 is 0. The van der Waals surface area contributed by atoms with Gasteiger partial charge in [-0.1, -0.05) is 60.7 Å². The average molecular weight is 329 g/mol. The van der Waals surface area contributed by atoms with Crippen LogP contribution < -0.4 is 5.32 Å². The first-order valence-corrected chi connectivity index (χ1v) is 8.07. The number of aryl methyl sites for hydroxylation is 2. The summed E-state index contributed by atoms with van der Waals surface area (Å²) in [5, 5.41) is 2.81. The van der Waals surface area contributed by atoms with Crippen molar-refractivity contribution >= 4 is 23.5 Å². The largest absolute Gasteiger partial charge is 0.290 e. The van der Waals surface area contributed by atoms with E-state index in [-0.39, 0.29) is 5.91 Å². The highest BCUT2D eigenvalue weighted by molar-refractivity contribution is 6.28. The molecule has 0 bridgehead atoms. The Morgan fingerprint density at radius 1 is 0.880 bits per heavy atom. The minimum absolute atomic E-state index is 0.236. The Morgan fingerprint density at radius 2 is 1.44 bits per heavy atom. The lowest BCUT2D eigenvalue weighted by Crippen LogP contribution is -2.16. The van der Waals surface area contributed by atoms with Crippen molar-refractivity contribution in [3.8, 4) is 0 Å². The normalized spacial score (nSPS) is 11.2. The molecule has 0 spiro atoms. The SMILES string of the molecule is Cc1cc(C)nc(NC(=O)C(=Cc2ccccc2)c2ccccc2)n1. The van der Waals surface area contributed by atoms with E-state index in [1.54, 1.807) is 0 Å². The molecule has 1 N–H and O–H groups in total. The number of hydrogen-bond donors (Lipinski definition) is 1. The first kappa shape index (κ1) is 16.6. The van der Waals surface area contributed by atoms with Crippen LogP contribution in [0.2, 0.25) is 0 Å². The van der Waals surface area contributed by atoms with Crippen molar-refractivity contribution in [2.24, 2.45) is 0 Å². The summed E-state index contributed by atoms with van der Waals surface area (Å²) in [4.78, 5) is 21.5. The fourth-order valence-corrected chi connectivity index (χ4v) is 2.56. The van der Waals surface area contributed by atoms with E-state index in [1.807, 2.05) is 86.7 Å². The molecule has 3 rings (SSSR count). The summed E-state index contributed by atoms with van der Waals surface area (Å²) >= 11 is 0. The molecule has 25 heavy (non-hydrogen) atoms. The van der Waals surface area contributed by atoms with Gasteiger partial charge in [0, 0.05) is 17.0 Å². The Kier molecular flexibility index (Phi) is 5.00. The van der Waals surface area contributed by atoms with E-state index < -0.39 is 0 Å². The summed E-state index contributed by atoms with van der Waals surface area (Å²) in [5.41, 5.74) is 3.99. The lowest BCUT2D eigenvalue weighted by molar-refractivity contribution is -0.111. The van der Waals surface area contributed by atoms with E-state index in [0.29, 0.717) is 11.5 Å². The zero-order valence-electron chi connectivity index (χ0n) is 14.2. The molecule has 2 aromatic carbocycles. The highest BCUT2D eigenvalue weighted by atomic mass is 16.1. The molecule has 0 aliphatic carbocycles. The Labute approximate surface area is 147 Å². The molecule has 1 heterocycles. The fourth-order valence-electron chi connectivity index (χ4n) is 2.56. The summed E-state index contributed by atoms with van der Waals surface area (Å²) in [6.45, 7) is 3.75. The Bertz CT molecular complexity index is 883. The highest BCUT2D eigenvalue weighted by Gasteiger charge is 2.14. The Morgan fingerprint density at radius 3 is 2.04 bits per heavy atom. The smallest absolute Gasteiger partial charge is 0.258 e. The predicted molar refractivity (Wildman–Crippen MR) is 101 cm³/mol. The number of nitrogens with zero attached hydrogens (tertiary/aromatic N) is 2. The van der Waals surface area contributed by atoms with Crippen molar-refractivity contribution in [2.45, 2.75) is 13.8 Å². The Balaban J connectivity index is 1.96. The van der Waals surface area contributed by atoms with Crippen molar-refractivity contribution in [1.82, 2.24) is 9.97 Å². The van der Waals surface area contributed by atoms with Gasteiger partial charge in [-0.2, -0.15) is 0 Å². The number of anilines is 1. The first-order valence-electron chi connectivity index (χ1n) is 8.07. The number of amides is 1. The number of benzene rings is 2. The van der Waals surface area contributed by atoms with Crippen molar-refractivity contribution in [1.29, 1.82) is 0 Å². The van der Waals surface area contributed by atoms with E-state index in [2.05, 4.69) is 15.3 Å². The third-order valence-corrected chi connectivity index (χ3v) is 3.65. The summed E-state index contributed by atoms with van der Waals surface area (Å²) in [6.07, 6.45) is 1.87. The number of rotatable bonds is 4. The van der Waals surface area contributed by atoms with E-state index in [1.165, 1.54) is 0 Å². The first-order chi connectivity index (χ1) is 12.1. The second-order valence-corrected chi connectivity index (χ2v) is 5.76. The zero-order valence-corrected chi connectivity index (χ0v) is 14.2. The molecule has 4 heteroatoms. The Hall–Kier alpha value is -3.27. The molecule has 0 saturated heterocycles. The monoisotopic (exact) mass is 329 g/mol. The van der Waals surface area contributed by atoms with Crippen LogP contribution in [-0.2, 0) is 4.79 Å². The third kappa shape index (κ3) is 4.38. The number of nitrogens with one attached hydrogen (secondary N) is 1. The molecule has 0 aliphatic heterocycles. The van der Waals surface area contributed by atoms with Crippen molar-refractivity contribution in [3.63, 3.8) is 0 Å². The second-order valence-electron chi connectivity index (χ2n) is 5.76. The van der Waals surface area contributed by atoms with Crippen LogP contribution in [0.15, 0.2) is 66.7 Å². The molecule has 1 amide bonds. The number of hydrogen-bond acceptors (Lipinski definition) is 3. The molecule has 0 saturated carbocycles. The standard InChI is InChI=1S/C21H19N3O/c1-15-13-16(2)23-21(22-15)24-20(25)19(18-11-7-4-8-12-18)14-17-9-5-3-6-10-17/h3-14H,1-2H3,(H,22,23,24,25). The van der Waals surface area contributed by atoms with Crippen LogP contribution in [-0.4, -0.2) is 15.9 Å². The highest BCUT2D eigenvalue weighted by Crippen LogP contribution is 2.20. The van der Waals surface area contributed by atoms with Gasteiger partial charge < -0.3 is 0 Å².